The third-order valence-electron chi connectivity index (χ3n) is 2.93. The topological polar surface area (TPSA) is 38.9 Å². The second-order valence-corrected chi connectivity index (χ2v) is 4.99. The van der Waals surface area contributed by atoms with Crippen LogP contribution < -0.4 is 5.73 Å². The number of hydrogen-bond acceptors (Lipinski definition) is 3. The number of pyridine rings is 1. The predicted molar refractivity (Wildman–Crippen MR) is 66.0 cm³/mol. The minimum absolute atomic E-state index is 0.289. The van der Waals surface area contributed by atoms with Crippen LogP contribution in [0, 0.1) is 5.82 Å². The van der Waals surface area contributed by atoms with E-state index in [0.717, 1.165) is 34.6 Å². The molecule has 0 radical (unpaired) electrons. The first kappa shape index (κ1) is 9.90. The molecule has 0 atom stereocenters. The lowest BCUT2D eigenvalue weighted by Crippen LogP contribution is -2.09. The summed E-state index contributed by atoms with van der Waals surface area (Å²) in [5.74, 6) is 1.62. The molecular formula is C12H11FN2S. The van der Waals surface area contributed by atoms with Gasteiger partial charge in [-0.15, -0.1) is 0 Å². The Kier molecular flexibility index (Phi) is 2.24. The quantitative estimate of drug-likeness (QED) is 0.761. The third kappa shape index (κ3) is 1.37. The zero-order valence-electron chi connectivity index (χ0n) is 8.66. The Hall–Kier alpha value is -1.29. The van der Waals surface area contributed by atoms with E-state index in [9.17, 15) is 4.39 Å². The molecule has 1 aliphatic heterocycles. The molecule has 2 nitrogen and oxygen atoms in total. The van der Waals surface area contributed by atoms with E-state index in [2.05, 4.69) is 4.98 Å². The molecule has 82 valence electrons. The van der Waals surface area contributed by atoms with Crippen molar-refractivity contribution in [1.82, 2.24) is 4.98 Å². The number of nitrogen functional groups attached to an aromatic ring is 1. The minimum Gasteiger partial charge on any atom is -0.398 e. The van der Waals surface area contributed by atoms with Crippen molar-refractivity contribution in [1.29, 1.82) is 0 Å². The summed E-state index contributed by atoms with van der Waals surface area (Å²) in [4.78, 5) is 4.40. The first-order valence-electron chi connectivity index (χ1n) is 5.20. The van der Waals surface area contributed by atoms with Gasteiger partial charge in [-0.3, -0.25) is 0 Å². The van der Waals surface area contributed by atoms with Crippen molar-refractivity contribution in [2.45, 2.75) is 12.2 Å². The van der Waals surface area contributed by atoms with Gasteiger partial charge in [0.15, 0.2) is 0 Å². The van der Waals surface area contributed by atoms with Gasteiger partial charge in [0.05, 0.1) is 5.69 Å². The molecule has 1 aliphatic rings. The molecule has 1 aromatic heterocycles. The summed E-state index contributed by atoms with van der Waals surface area (Å²) >= 11 is 1.82. The molecule has 0 bridgehead atoms. The smallest absolute Gasteiger partial charge is 0.149 e. The van der Waals surface area contributed by atoms with E-state index in [1.54, 1.807) is 6.07 Å². The molecule has 0 saturated carbocycles. The van der Waals surface area contributed by atoms with Crippen LogP contribution in [0.5, 0.6) is 0 Å². The molecule has 3 rings (SSSR count). The maximum absolute atomic E-state index is 13.6. The lowest BCUT2D eigenvalue weighted by molar-refractivity contribution is 0.636. The molecule has 0 amide bonds. The van der Waals surface area contributed by atoms with Crippen molar-refractivity contribution in [2.24, 2.45) is 0 Å². The zero-order chi connectivity index (χ0) is 11.1. The number of fused-ring (bicyclic) bond motifs is 2. The Morgan fingerprint density at radius 2 is 2.25 bits per heavy atom. The van der Waals surface area contributed by atoms with Crippen molar-refractivity contribution in [2.75, 3.05) is 11.5 Å². The standard InChI is InChI=1S/C12H11FN2S/c13-9-3-1-2-8-11(14)7-4-5-16-6-10(7)15-12(8)9/h1-3H,4-6H2,(H2,14,15). The summed E-state index contributed by atoms with van der Waals surface area (Å²) < 4.78 is 13.6. The molecule has 0 spiro atoms. The van der Waals surface area contributed by atoms with Crippen molar-refractivity contribution >= 4 is 28.4 Å². The number of nitrogens with zero attached hydrogens (tertiary/aromatic N) is 1. The molecule has 0 fully saturated rings. The third-order valence-corrected chi connectivity index (χ3v) is 3.90. The number of hydrogen-bond donors (Lipinski definition) is 1. The monoisotopic (exact) mass is 234 g/mol. The van der Waals surface area contributed by atoms with E-state index >= 15 is 0 Å². The second kappa shape index (κ2) is 3.63. The van der Waals surface area contributed by atoms with E-state index in [4.69, 9.17) is 5.73 Å². The highest BCUT2D eigenvalue weighted by atomic mass is 32.2. The number of thioether (sulfide) groups is 1. The maximum atomic E-state index is 13.6. The van der Waals surface area contributed by atoms with Crippen molar-refractivity contribution in [3.63, 3.8) is 0 Å². The fraction of sp³-hybridized carbons (Fsp3) is 0.250. The Labute approximate surface area is 97.1 Å². The number of para-hydroxylation sites is 1. The second-order valence-electron chi connectivity index (χ2n) is 3.89. The molecule has 2 heterocycles. The molecule has 16 heavy (non-hydrogen) atoms. The SMILES string of the molecule is Nc1c2c(nc3c(F)cccc13)CSCC2. The van der Waals surface area contributed by atoms with Crippen LogP contribution >= 0.6 is 11.8 Å². The first-order valence-corrected chi connectivity index (χ1v) is 6.36. The van der Waals surface area contributed by atoms with Crippen LogP contribution in [0.15, 0.2) is 18.2 Å². The number of rotatable bonds is 0. The predicted octanol–water partition coefficient (Wildman–Crippen LogP) is 2.75. The van der Waals surface area contributed by atoms with Crippen molar-refractivity contribution in [3.05, 3.63) is 35.3 Å². The summed E-state index contributed by atoms with van der Waals surface area (Å²) in [5.41, 5.74) is 9.26. The lowest BCUT2D eigenvalue weighted by Gasteiger charge is -2.18. The Balaban J connectivity index is 2.39. The van der Waals surface area contributed by atoms with Crippen molar-refractivity contribution < 1.29 is 4.39 Å². The van der Waals surface area contributed by atoms with Crippen LogP contribution in [0.3, 0.4) is 0 Å². The maximum Gasteiger partial charge on any atom is 0.149 e. The molecule has 0 unspecified atom stereocenters. The first-order chi connectivity index (χ1) is 7.77. The van der Waals surface area contributed by atoms with Gasteiger partial charge in [-0.05, 0) is 23.8 Å². The van der Waals surface area contributed by atoms with E-state index in [1.807, 2.05) is 17.8 Å². The van der Waals surface area contributed by atoms with Crippen LogP contribution in [0.2, 0.25) is 0 Å². The number of aromatic nitrogens is 1. The van der Waals surface area contributed by atoms with E-state index in [-0.39, 0.29) is 5.82 Å². The highest BCUT2D eigenvalue weighted by Crippen LogP contribution is 2.33. The zero-order valence-corrected chi connectivity index (χ0v) is 9.48. The van der Waals surface area contributed by atoms with Gasteiger partial charge in [-0.2, -0.15) is 11.8 Å². The molecule has 2 N–H and O–H groups in total. The number of anilines is 1. The minimum atomic E-state index is -0.289. The molecule has 0 saturated heterocycles. The van der Waals surface area contributed by atoms with Crippen LogP contribution in [0.4, 0.5) is 10.1 Å². The van der Waals surface area contributed by atoms with Gasteiger partial charge in [0, 0.05) is 16.8 Å². The van der Waals surface area contributed by atoms with E-state index < -0.39 is 0 Å². The molecule has 4 heteroatoms. The molecular weight excluding hydrogens is 223 g/mol. The van der Waals surface area contributed by atoms with Crippen molar-refractivity contribution in [3.8, 4) is 0 Å². The normalized spacial score (nSPS) is 15.1. The lowest BCUT2D eigenvalue weighted by atomic mass is 10.0. The Morgan fingerprint density at radius 3 is 3.12 bits per heavy atom. The average Bonchev–Trinajstić information content (AvgIpc) is 2.31. The van der Waals surface area contributed by atoms with Crippen LogP contribution in [-0.2, 0) is 12.2 Å². The van der Waals surface area contributed by atoms with E-state index in [1.165, 1.54) is 6.07 Å². The van der Waals surface area contributed by atoms with E-state index in [0.29, 0.717) is 11.2 Å². The summed E-state index contributed by atoms with van der Waals surface area (Å²) in [5, 5.41) is 0.741. The Morgan fingerprint density at radius 1 is 1.38 bits per heavy atom. The summed E-state index contributed by atoms with van der Waals surface area (Å²) in [6, 6.07) is 4.94. The Bertz CT molecular complexity index is 568. The molecule has 1 aromatic carbocycles. The summed E-state index contributed by atoms with van der Waals surface area (Å²) in [7, 11) is 0. The van der Waals surface area contributed by atoms with Gasteiger partial charge < -0.3 is 5.73 Å². The highest BCUT2D eigenvalue weighted by Gasteiger charge is 2.17. The van der Waals surface area contributed by atoms with Crippen LogP contribution in [-0.4, -0.2) is 10.7 Å². The number of benzene rings is 1. The summed E-state index contributed by atoms with van der Waals surface area (Å²) in [6.45, 7) is 0. The average molecular weight is 234 g/mol. The molecule has 0 aliphatic carbocycles. The fourth-order valence-corrected chi connectivity index (χ4v) is 3.03. The van der Waals surface area contributed by atoms with Gasteiger partial charge in [0.2, 0.25) is 0 Å². The van der Waals surface area contributed by atoms with Crippen LogP contribution in [0.1, 0.15) is 11.3 Å². The number of nitrogens with two attached hydrogens (primary N) is 1. The number of halogens is 1. The van der Waals surface area contributed by atoms with Gasteiger partial charge in [0.1, 0.15) is 11.3 Å². The van der Waals surface area contributed by atoms with Gasteiger partial charge in [-0.1, -0.05) is 12.1 Å². The van der Waals surface area contributed by atoms with Gasteiger partial charge >= 0.3 is 0 Å². The highest BCUT2D eigenvalue weighted by molar-refractivity contribution is 7.98. The fourth-order valence-electron chi connectivity index (χ4n) is 2.11. The molecule has 2 aromatic rings. The largest absolute Gasteiger partial charge is 0.398 e. The van der Waals surface area contributed by atoms with Gasteiger partial charge in [-0.25, -0.2) is 9.37 Å². The van der Waals surface area contributed by atoms with Crippen LogP contribution in [0.25, 0.3) is 10.9 Å². The summed E-state index contributed by atoms with van der Waals surface area (Å²) in [6.07, 6.45) is 0.936. The van der Waals surface area contributed by atoms with Gasteiger partial charge in [0.25, 0.3) is 0 Å².